The molecular weight excluding hydrogens is 240 g/mol. The summed E-state index contributed by atoms with van der Waals surface area (Å²) in [5, 5.41) is 4.13. The van der Waals surface area contributed by atoms with Gasteiger partial charge in [0.2, 0.25) is 0 Å². The predicted octanol–water partition coefficient (Wildman–Crippen LogP) is 2.00. The molecule has 2 aromatic heterocycles. The van der Waals surface area contributed by atoms with Gasteiger partial charge in [0, 0.05) is 24.9 Å². The Morgan fingerprint density at radius 2 is 2.05 bits per heavy atom. The Balaban J connectivity index is 1.89. The Bertz CT molecular complexity index is 533. The van der Waals surface area contributed by atoms with E-state index in [9.17, 15) is 4.79 Å². The van der Waals surface area contributed by atoms with Crippen LogP contribution in [0.5, 0.6) is 0 Å². The maximum atomic E-state index is 12.0. The minimum atomic E-state index is 0.187. The molecule has 0 aliphatic rings. The summed E-state index contributed by atoms with van der Waals surface area (Å²) in [5.74, 6) is 0.932. The van der Waals surface area contributed by atoms with E-state index in [2.05, 4.69) is 15.1 Å². The molecule has 0 saturated carbocycles. The molecular formula is C14H18N4O. The maximum Gasteiger partial charge on any atom is 0.140 e. The number of aryl methyl sites for hydroxylation is 1. The molecule has 5 heteroatoms. The van der Waals surface area contributed by atoms with Crippen molar-refractivity contribution in [3.05, 3.63) is 42.2 Å². The number of carbonyl (C=O) groups excluding carboxylic acids is 1. The fourth-order valence-electron chi connectivity index (χ4n) is 1.93. The molecule has 0 aliphatic heterocycles. The summed E-state index contributed by atoms with van der Waals surface area (Å²) in [7, 11) is 0. The molecule has 0 spiro atoms. The van der Waals surface area contributed by atoms with Crippen LogP contribution in [0.3, 0.4) is 0 Å². The number of pyridine rings is 1. The van der Waals surface area contributed by atoms with Crippen LogP contribution in [0.4, 0.5) is 0 Å². The van der Waals surface area contributed by atoms with E-state index < -0.39 is 0 Å². The third-order valence-electron chi connectivity index (χ3n) is 2.93. The Hall–Kier alpha value is -2.04. The molecule has 0 radical (unpaired) electrons. The number of rotatable bonds is 6. The summed E-state index contributed by atoms with van der Waals surface area (Å²) in [6, 6.07) is 4.10. The number of hydrogen-bond donors (Lipinski definition) is 0. The molecule has 0 aromatic carbocycles. The van der Waals surface area contributed by atoms with Gasteiger partial charge in [-0.1, -0.05) is 0 Å². The molecule has 0 aliphatic carbocycles. The van der Waals surface area contributed by atoms with Gasteiger partial charge in [0.05, 0.1) is 6.42 Å². The van der Waals surface area contributed by atoms with Gasteiger partial charge in [-0.2, -0.15) is 5.10 Å². The molecule has 0 amide bonds. The number of Topliss-reactive ketones (excluding diaryl/α,β-unsaturated/α-hetero) is 1. The third kappa shape index (κ3) is 3.71. The average Bonchev–Trinajstić information content (AvgIpc) is 2.86. The normalized spacial score (nSPS) is 10.9. The smallest absolute Gasteiger partial charge is 0.140 e. The van der Waals surface area contributed by atoms with E-state index in [0.29, 0.717) is 12.8 Å². The fourth-order valence-corrected chi connectivity index (χ4v) is 1.93. The van der Waals surface area contributed by atoms with E-state index in [0.717, 1.165) is 17.8 Å². The quantitative estimate of drug-likeness (QED) is 0.795. The van der Waals surface area contributed by atoms with Gasteiger partial charge < -0.3 is 0 Å². The lowest BCUT2D eigenvalue weighted by molar-refractivity contribution is -0.118. The van der Waals surface area contributed by atoms with Crippen molar-refractivity contribution >= 4 is 5.78 Å². The maximum absolute atomic E-state index is 12.0. The average molecular weight is 258 g/mol. The zero-order chi connectivity index (χ0) is 13.7. The van der Waals surface area contributed by atoms with Crippen LogP contribution in [0.15, 0.2) is 30.9 Å². The van der Waals surface area contributed by atoms with Crippen LogP contribution in [0.1, 0.15) is 37.7 Å². The van der Waals surface area contributed by atoms with Gasteiger partial charge in [-0.3, -0.25) is 9.78 Å². The first-order valence-electron chi connectivity index (χ1n) is 6.46. The third-order valence-corrected chi connectivity index (χ3v) is 2.93. The molecule has 2 heterocycles. The molecule has 19 heavy (non-hydrogen) atoms. The largest absolute Gasteiger partial charge is 0.299 e. The highest BCUT2D eigenvalue weighted by atomic mass is 16.1. The zero-order valence-corrected chi connectivity index (χ0v) is 11.3. The molecule has 2 aromatic rings. The van der Waals surface area contributed by atoms with Gasteiger partial charge in [0.1, 0.15) is 17.9 Å². The van der Waals surface area contributed by atoms with Crippen molar-refractivity contribution in [2.75, 3.05) is 0 Å². The Morgan fingerprint density at radius 3 is 2.74 bits per heavy atom. The van der Waals surface area contributed by atoms with Crippen LogP contribution in [0.25, 0.3) is 0 Å². The summed E-state index contributed by atoms with van der Waals surface area (Å²) in [4.78, 5) is 20.1. The van der Waals surface area contributed by atoms with E-state index in [1.807, 2.05) is 26.0 Å². The van der Waals surface area contributed by atoms with E-state index in [4.69, 9.17) is 0 Å². The topological polar surface area (TPSA) is 60.7 Å². The lowest BCUT2D eigenvalue weighted by atomic mass is 10.1. The van der Waals surface area contributed by atoms with Crippen molar-refractivity contribution in [3.63, 3.8) is 0 Å². The van der Waals surface area contributed by atoms with Crippen molar-refractivity contribution in [3.8, 4) is 0 Å². The number of nitrogens with zero attached hydrogens (tertiary/aromatic N) is 4. The van der Waals surface area contributed by atoms with Crippen LogP contribution in [0.2, 0.25) is 0 Å². The molecule has 5 nitrogen and oxygen atoms in total. The molecule has 0 saturated heterocycles. The van der Waals surface area contributed by atoms with Gasteiger partial charge >= 0.3 is 0 Å². The Labute approximate surface area is 112 Å². The van der Waals surface area contributed by atoms with Crippen LogP contribution < -0.4 is 0 Å². The summed E-state index contributed by atoms with van der Waals surface area (Å²) in [6.07, 6.45) is 6.62. The first-order valence-corrected chi connectivity index (χ1v) is 6.46. The van der Waals surface area contributed by atoms with Gasteiger partial charge in [-0.15, -0.1) is 0 Å². The van der Waals surface area contributed by atoms with Crippen LogP contribution in [0, 0.1) is 0 Å². The lowest BCUT2D eigenvalue weighted by Gasteiger charge is -2.08. The summed E-state index contributed by atoms with van der Waals surface area (Å²) >= 11 is 0. The van der Waals surface area contributed by atoms with E-state index in [-0.39, 0.29) is 11.8 Å². The molecule has 0 fully saturated rings. The van der Waals surface area contributed by atoms with Crippen LogP contribution in [-0.2, 0) is 17.6 Å². The minimum Gasteiger partial charge on any atom is -0.299 e. The van der Waals surface area contributed by atoms with E-state index >= 15 is 0 Å². The molecule has 0 bridgehead atoms. The Morgan fingerprint density at radius 1 is 1.32 bits per heavy atom. The monoisotopic (exact) mass is 258 g/mol. The first kappa shape index (κ1) is 13.4. The number of hydrogen-bond acceptors (Lipinski definition) is 4. The highest BCUT2D eigenvalue weighted by Crippen LogP contribution is 2.08. The van der Waals surface area contributed by atoms with Gasteiger partial charge in [-0.25, -0.2) is 9.67 Å². The summed E-state index contributed by atoms with van der Waals surface area (Å²) in [6.45, 7) is 4.05. The molecule has 2 rings (SSSR count). The van der Waals surface area contributed by atoms with Crippen LogP contribution in [-0.4, -0.2) is 25.5 Å². The van der Waals surface area contributed by atoms with Crippen molar-refractivity contribution in [1.82, 2.24) is 19.7 Å². The van der Waals surface area contributed by atoms with Gasteiger partial charge in [-0.05, 0) is 38.0 Å². The lowest BCUT2D eigenvalue weighted by Crippen LogP contribution is -2.13. The molecule has 100 valence electrons. The Kier molecular flexibility index (Phi) is 4.39. The summed E-state index contributed by atoms with van der Waals surface area (Å²) in [5.41, 5.74) is 1.13. The summed E-state index contributed by atoms with van der Waals surface area (Å²) < 4.78 is 1.80. The fraction of sp³-hybridized carbons (Fsp3) is 0.429. The highest BCUT2D eigenvalue weighted by Gasteiger charge is 2.12. The van der Waals surface area contributed by atoms with Crippen LogP contribution >= 0.6 is 0 Å². The number of carbonyl (C=O) groups is 1. The minimum absolute atomic E-state index is 0.187. The number of ketones is 1. The zero-order valence-electron chi connectivity index (χ0n) is 11.3. The second-order valence-electron chi connectivity index (χ2n) is 4.79. The van der Waals surface area contributed by atoms with E-state index in [1.54, 1.807) is 17.1 Å². The first-order chi connectivity index (χ1) is 9.16. The van der Waals surface area contributed by atoms with Gasteiger partial charge in [0.15, 0.2) is 0 Å². The van der Waals surface area contributed by atoms with Gasteiger partial charge in [0.25, 0.3) is 0 Å². The SMILES string of the molecule is CC(C)n1ncnc1CC(=O)CCc1ccncc1. The van der Waals surface area contributed by atoms with Crippen molar-refractivity contribution in [2.45, 2.75) is 39.2 Å². The van der Waals surface area contributed by atoms with Crippen molar-refractivity contribution < 1.29 is 4.79 Å². The van der Waals surface area contributed by atoms with Crippen molar-refractivity contribution in [2.24, 2.45) is 0 Å². The molecule has 0 N–H and O–H groups in total. The van der Waals surface area contributed by atoms with Crippen molar-refractivity contribution in [1.29, 1.82) is 0 Å². The number of aromatic nitrogens is 4. The second-order valence-corrected chi connectivity index (χ2v) is 4.79. The standard InChI is InChI=1S/C14H18N4O/c1-11(2)18-14(16-10-17-18)9-13(19)4-3-12-5-7-15-8-6-12/h5-8,10-11H,3-4,9H2,1-2H3. The predicted molar refractivity (Wildman–Crippen MR) is 71.7 cm³/mol. The second kappa shape index (κ2) is 6.22. The van der Waals surface area contributed by atoms with E-state index in [1.165, 1.54) is 6.33 Å². The molecule has 0 atom stereocenters. The highest BCUT2D eigenvalue weighted by molar-refractivity contribution is 5.80. The molecule has 0 unspecified atom stereocenters.